The van der Waals surface area contributed by atoms with Crippen molar-refractivity contribution in [2.75, 3.05) is 13.1 Å². The molecule has 94 valence electrons. The van der Waals surface area contributed by atoms with E-state index in [-0.39, 0.29) is 25.4 Å². The summed E-state index contributed by atoms with van der Waals surface area (Å²) >= 11 is 0. The zero-order valence-electron chi connectivity index (χ0n) is 9.21. The average molecular weight is 247 g/mol. The van der Waals surface area contributed by atoms with E-state index in [9.17, 15) is 18.0 Å². The van der Waals surface area contributed by atoms with Crippen LogP contribution in [0, 0.1) is 12.8 Å². The van der Waals surface area contributed by atoms with Gasteiger partial charge >= 0.3 is 6.18 Å². The Morgan fingerprint density at radius 1 is 1.59 bits per heavy atom. The number of halogens is 3. The van der Waals surface area contributed by atoms with Crippen molar-refractivity contribution >= 4 is 5.91 Å². The van der Waals surface area contributed by atoms with Gasteiger partial charge in [0.15, 0.2) is 0 Å². The predicted molar refractivity (Wildman–Crippen MR) is 53.4 cm³/mol. The van der Waals surface area contributed by atoms with Gasteiger partial charge in [0, 0.05) is 18.8 Å². The Labute approximate surface area is 95.8 Å². The van der Waals surface area contributed by atoms with Gasteiger partial charge in [-0.1, -0.05) is 0 Å². The summed E-state index contributed by atoms with van der Waals surface area (Å²) in [6, 6.07) is 0. The summed E-state index contributed by atoms with van der Waals surface area (Å²) in [5.41, 5.74) is 0.915. The van der Waals surface area contributed by atoms with Gasteiger partial charge in [-0.05, 0) is 13.3 Å². The van der Waals surface area contributed by atoms with E-state index in [4.69, 9.17) is 0 Å². The molecule has 17 heavy (non-hydrogen) atoms. The zero-order chi connectivity index (χ0) is 12.6. The van der Waals surface area contributed by atoms with E-state index >= 15 is 0 Å². The second-order valence-electron chi connectivity index (χ2n) is 4.19. The molecule has 1 aromatic rings. The molecule has 0 spiro atoms. The van der Waals surface area contributed by atoms with E-state index in [1.54, 1.807) is 6.92 Å². The molecule has 1 unspecified atom stereocenters. The fraction of sp³-hybridized carbons (Fsp3) is 0.600. The van der Waals surface area contributed by atoms with Crippen LogP contribution in [0.5, 0.6) is 0 Å². The van der Waals surface area contributed by atoms with Gasteiger partial charge in [0.1, 0.15) is 0 Å². The lowest BCUT2D eigenvalue weighted by molar-refractivity contribution is -0.169. The molecule has 0 saturated carbocycles. The van der Waals surface area contributed by atoms with Crippen LogP contribution in [0.25, 0.3) is 0 Å². The normalized spacial score (nSPS) is 20.9. The average Bonchev–Trinajstić information content (AvgIpc) is 2.83. The summed E-state index contributed by atoms with van der Waals surface area (Å²) in [6.45, 7) is 1.55. The third-order valence-electron chi connectivity index (χ3n) is 3.00. The Balaban J connectivity index is 2.07. The minimum atomic E-state index is -4.22. The van der Waals surface area contributed by atoms with Crippen LogP contribution < -0.4 is 0 Å². The Morgan fingerprint density at radius 2 is 2.29 bits per heavy atom. The number of H-pyrrole nitrogens is 1. The van der Waals surface area contributed by atoms with Gasteiger partial charge in [-0.25, -0.2) is 0 Å². The fourth-order valence-corrected chi connectivity index (χ4v) is 1.95. The number of rotatable bonds is 1. The summed E-state index contributed by atoms with van der Waals surface area (Å²) < 4.78 is 37.4. The minimum Gasteiger partial charge on any atom is -0.338 e. The van der Waals surface area contributed by atoms with Crippen molar-refractivity contribution < 1.29 is 18.0 Å². The maximum Gasteiger partial charge on any atom is 0.393 e. The summed E-state index contributed by atoms with van der Waals surface area (Å²) in [7, 11) is 0. The fourth-order valence-electron chi connectivity index (χ4n) is 1.95. The molecular formula is C10H12F3N3O. The standard InChI is InChI=1S/C10H12F3N3O/c1-6-8(4-14-15-6)9(17)16-3-2-7(5-16)10(11,12)13/h4,7H,2-3,5H2,1H3,(H,14,15). The second kappa shape index (κ2) is 4.05. The van der Waals surface area contributed by atoms with E-state index in [2.05, 4.69) is 10.2 Å². The molecule has 0 aliphatic carbocycles. The van der Waals surface area contributed by atoms with Gasteiger partial charge in [0.05, 0.1) is 17.7 Å². The van der Waals surface area contributed by atoms with Crippen LogP contribution in [0.3, 0.4) is 0 Å². The summed E-state index contributed by atoms with van der Waals surface area (Å²) in [5.74, 6) is -1.79. The molecule has 2 heterocycles. The van der Waals surface area contributed by atoms with Gasteiger partial charge in [-0.2, -0.15) is 18.3 Å². The van der Waals surface area contributed by atoms with Crippen molar-refractivity contribution in [3.05, 3.63) is 17.5 Å². The lowest BCUT2D eigenvalue weighted by Gasteiger charge is -2.17. The van der Waals surface area contributed by atoms with E-state index < -0.39 is 12.1 Å². The van der Waals surface area contributed by atoms with Crippen LogP contribution in [0.4, 0.5) is 13.2 Å². The molecule has 1 aromatic heterocycles. The van der Waals surface area contributed by atoms with Crippen LogP contribution in [-0.4, -0.2) is 40.3 Å². The highest BCUT2D eigenvalue weighted by Crippen LogP contribution is 2.33. The van der Waals surface area contributed by atoms with Gasteiger partial charge in [0.2, 0.25) is 0 Å². The number of carbonyl (C=O) groups is 1. The van der Waals surface area contributed by atoms with Crippen molar-refractivity contribution in [1.82, 2.24) is 15.1 Å². The summed E-state index contributed by atoms with van der Waals surface area (Å²) in [6.07, 6.45) is -2.90. The van der Waals surface area contributed by atoms with Gasteiger partial charge in [-0.15, -0.1) is 0 Å². The molecule has 2 rings (SSSR count). The van der Waals surface area contributed by atoms with Crippen molar-refractivity contribution in [3.8, 4) is 0 Å². The third kappa shape index (κ3) is 2.27. The van der Waals surface area contributed by atoms with E-state index in [1.807, 2.05) is 0 Å². The molecule has 1 atom stereocenters. The molecule has 7 heteroatoms. The maximum atomic E-state index is 12.5. The topological polar surface area (TPSA) is 49.0 Å². The lowest BCUT2D eigenvalue weighted by Crippen LogP contribution is -2.32. The van der Waals surface area contributed by atoms with Crippen LogP contribution in [-0.2, 0) is 0 Å². The highest BCUT2D eigenvalue weighted by Gasteiger charge is 2.44. The van der Waals surface area contributed by atoms with Crippen LogP contribution in [0.2, 0.25) is 0 Å². The van der Waals surface area contributed by atoms with Crippen LogP contribution >= 0.6 is 0 Å². The molecule has 4 nitrogen and oxygen atoms in total. The Bertz CT molecular complexity index is 427. The molecule has 0 aromatic carbocycles. The number of hydrogen-bond acceptors (Lipinski definition) is 2. The number of likely N-dealkylation sites (tertiary alicyclic amines) is 1. The molecule has 1 aliphatic heterocycles. The van der Waals surface area contributed by atoms with E-state index in [0.29, 0.717) is 11.3 Å². The van der Waals surface area contributed by atoms with E-state index in [0.717, 1.165) is 0 Å². The number of alkyl halides is 3. The SMILES string of the molecule is Cc1[nH]ncc1C(=O)N1CCC(C(F)(F)F)C1. The number of nitrogens with one attached hydrogen (secondary N) is 1. The first kappa shape index (κ1) is 11.9. The van der Waals surface area contributed by atoms with Gasteiger partial charge in [-0.3, -0.25) is 9.89 Å². The smallest absolute Gasteiger partial charge is 0.338 e. The first-order valence-corrected chi connectivity index (χ1v) is 5.25. The molecule has 1 N–H and O–H groups in total. The van der Waals surface area contributed by atoms with Crippen LogP contribution in [0.15, 0.2) is 6.20 Å². The number of hydrogen-bond donors (Lipinski definition) is 1. The summed E-state index contributed by atoms with van der Waals surface area (Å²) in [5, 5.41) is 6.28. The van der Waals surface area contributed by atoms with Crippen molar-refractivity contribution in [3.63, 3.8) is 0 Å². The Kier molecular flexibility index (Phi) is 2.84. The molecule has 0 bridgehead atoms. The highest BCUT2D eigenvalue weighted by molar-refractivity contribution is 5.95. The van der Waals surface area contributed by atoms with Crippen molar-refractivity contribution in [2.24, 2.45) is 5.92 Å². The van der Waals surface area contributed by atoms with Crippen molar-refractivity contribution in [2.45, 2.75) is 19.5 Å². The monoisotopic (exact) mass is 247 g/mol. The minimum absolute atomic E-state index is 0.0217. The number of aryl methyl sites for hydroxylation is 1. The number of aromatic amines is 1. The van der Waals surface area contributed by atoms with Crippen LogP contribution in [0.1, 0.15) is 22.5 Å². The van der Waals surface area contributed by atoms with Gasteiger partial charge in [0.25, 0.3) is 5.91 Å². The zero-order valence-corrected chi connectivity index (χ0v) is 9.21. The number of aromatic nitrogens is 2. The third-order valence-corrected chi connectivity index (χ3v) is 3.00. The van der Waals surface area contributed by atoms with Gasteiger partial charge < -0.3 is 4.90 Å². The van der Waals surface area contributed by atoms with E-state index in [1.165, 1.54) is 11.1 Å². The number of amides is 1. The lowest BCUT2D eigenvalue weighted by atomic mass is 10.1. The Morgan fingerprint density at radius 3 is 2.76 bits per heavy atom. The highest BCUT2D eigenvalue weighted by atomic mass is 19.4. The number of nitrogens with zero attached hydrogens (tertiary/aromatic N) is 2. The molecule has 1 aliphatic rings. The molecule has 0 radical (unpaired) electrons. The largest absolute Gasteiger partial charge is 0.393 e. The molecular weight excluding hydrogens is 235 g/mol. The predicted octanol–water partition coefficient (Wildman–Crippen LogP) is 1.74. The maximum absolute atomic E-state index is 12.5. The first-order chi connectivity index (χ1) is 7.89. The second-order valence-corrected chi connectivity index (χ2v) is 4.19. The Hall–Kier alpha value is -1.53. The number of carbonyl (C=O) groups excluding carboxylic acids is 1. The molecule has 1 fully saturated rings. The van der Waals surface area contributed by atoms with Crippen molar-refractivity contribution in [1.29, 1.82) is 0 Å². The summed E-state index contributed by atoms with van der Waals surface area (Å²) in [4.78, 5) is 13.1. The molecule has 1 saturated heterocycles. The quantitative estimate of drug-likeness (QED) is 0.821. The molecule has 1 amide bonds. The first-order valence-electron chi connectivity index (χ1n) is 5.25.